The number of hydrogen-bond acceptors (Lipinski definition) is 2. The van der Waals surface area contributed by atoms with Gasteiger partial charge in [0.2, 0.25) is 0 Å². The second-order valence-electron chi connectivity index (χ2n) is 21.3. The lowest BCUT2D eigenvalue weighted by molar-refractivity contribution is 0.331. The number of benzene rings is 8. The van der Waals surface area contributed by atoms with Crippen molar-refractivity contribution < 1.29 is 0 Å². The van der Waals surface area contributed by atoms with Crippen LogP contribution >= 0.6 is 0 Å². The highest BCUT2D eigenvalue weighted by Crippen LogP contribution is 2.63. The number of hydrogen-bond donors (Lipinski definition) is 0. The first-order valence-corrected chi connectivity index (χ1v) is 24.9. The third kappa shape index (κ3) is 6.22. The van der Waals surface area contributed by atoms with Gasteiger partial charge in [0.1, 0.15) is 0 Å². The van der Waals surface area contributed by atoms with Gasteiger partial charge in [-0.15, -0.1) is 0 Å². The maximum Gasteiger partial charge on any atom is 0.160 e. The van der Waals surface area contributed by atoms with Gasteiger partial charge < -0.3 is 0 Å². The summed E-state index contributed by atoms with van der Waals surface area (Å²) in [5.74, 6) is 1.14. The first-order chi connectivity index (χ1) is 33.2. The Morgan fingerprint density at radius 2 is 1.00 bits per heavy atom. The largest absolute Gasteiger partial charge is 0.232 e. The van der Waals surface area contributed by atoms with E-state index in [9.17, 15) is 0 Å². The molecule has 1 atom stereocenters. The van der Waals surface area contributed by atoms with Crippen molar-refractivity contribution in [3.63, 3.8) is 0 Å². The number of aryl methyl sites for hydroxylation is 1. The van der Waals surface area contributed by atoms with Crippen molar-refractivity contribution in [2.75, 3.05) is 0 Å². The van der Waals surface area contributed by atoms with Crippen molar-refractivity contribution in [3.05, 3.63) is 255 Å². The molecule has 0 saturated carbocycles. The van der Waals surface area contributed by atoms with Crippen LogP contribution in [0.4, 0.5) is 0 Å². The van der Waals surface area contributed by atoms with E-state index in [1.54, 1.807) is 11.1 Å². The van der Waals surface area contributed by atoms with E-state index < -0.39 is 5.41 Å². The van der Waals surface area contributed by atoms with Crippen molar-refractivity contribution in [2.24, 2.45) is 9.98 Å². The minimum absolute atomic E-state index is 0.185. The third-order valence-corrected chi connectivity index (χ3v) is 16.5. The molecule has 0 aromatic heterocycles. The molecule has 1 aliphatic heterocycles. The highest BCUT2D eigenvalue weighted by molar-refractivity contribution is 6.14. The standard InChI is InChI=1S/C66H56N2/c1-64(2)37-38-65(3,4)60-41-54-48(46-19-8-9-20-47(46)53(54)40-59(60)64)35-31-42-29-32-43(33-30-42)61-27-16-28-62(68-63(67-61)44-17-6-5-7-18-44)45-34-36-52-51-23-12-15-26-57(51)66(58(52)39-45)55-24-13-10-21-49(55)50-22-11-14-25-56(50)66/h5-15,17-27,29-30,32-34,36,39-41,48H,16,28,31,35,37-38H2,1-4H3. The first kappa shape index (κ1) is 41.1. The summed E-state index contributed by atoms with van der Waals surface area (Å²) >= 11 is 0. The van der Waals surface area contributed by atoms with Gasteiger partial charge in [-0.25, -0.2) is 9.98 Å². The Labute approximate surface area is 401 Å². The van der Waals surface area contributed by atoms with Gasteiger partial charge in [-0.3, -0.25) is 0 Å². The number of aliphatic imine (C=N–C) groups is 2. The minimum Gasteiger partial charge on any atom is -0.232 e. The minimum atomic E-state index is -0.396. The molecule has 68 heavy (non-hydrogen) atoms. The molecule has 2 nitrogen and oxygen atoms in total. The average Bonchev–Trinajstić information content (AvgIpc) is 3.96. The van der Waals surface area contributed by atoms with E-state index in [1.165, 1.54) is 85.2 Å². The topological polar surface area (TPSA) is 24.7 Å². The third-order valence-electron chi connectivity index (χ3n) is 16.5. The summed E-state index contributed by atoms with van der Waals surface area (Å²) < 4.78 is 0. The molecule has 8 aromatic carbocycles. The van der Waals surface area contributed by atoms with Gasteiger partial charge in [0.15, 0.2) is 5.84 Å². The lowest BCUT2D eigenvalue weighted by Crippen LogP contribution is -2.34. The van der Waals surface area contributed by atoms with Crippen molar-refractivity contribution >= 4 is 17.2 Å². The van der Waals surface area contributed by atoms with E-state index in [0.29, 0.717) is 5.92 Å². The summed E-state index contributed by atoms with van der Waals surface area (Å²) in [6.45, 7) is 9.79. The summed E-state index contributed by atoms with van der Waals surface area (Å²) in [5.41, 5.74) is 26.3. The number of rotatable bonds is 6. The van der Waals surface area contributed by atoms with Crippen molar-refractivity contribution in [3.8, 4) is 33.4 Å². The zero-order chi connectivity index (χ0) is 45.8. The van der Waals surface area contributed by atoms with Gasteiger partial charge in [-0.05, 0) is 150 Å². The van der Waals surface area contributed by atoms with Gasteiger partial charge >= 0.3 is 0 Å². The smallest absolute Gasteiger partial charge is 0.160 e. The van der Waals surface area contributed by atoms with Gasteiger partial charge in [0.05, 0.1) is 16.8 Å². The molecule has 0 bridgehead atoms. The molecule has 0 radical (unpaired) electrons. The Morgan fingerprint density at radius 3 is 1.66 bits per heavy atom. The van der Waals surface area contributed by atoms with E-state index in [0.717, 1.165) is 59.6 Å². The molecule has 0 amide bonds. The van der Waals surface area contributed by atoms with Crippen LogP contribution in [-0.2, 0) is 22.7 Å². The van der Waals surface area contributed by atoms with Crippen LogP contribution in [0.3, 0.4) is 0 Å². The fourth-order valence-electron chi connectivity index (χ4n) is 12.9. The Bertz CT molecular complexity index is 3390. The summed E-state index contributed by atoms with van der Waals surface area (Å²) in [7, 11) is 0. The molecule has 1 spiro atoms. The van der Waals surface area contributed by atoms with Crippen LogP contribution < -0.4 is 0 Å². The lowest BCUT2D eigenvalue weighted by Gasteiger charge is -2.42. The fourth-order valence-corrected chi connectivity index (χ4v) is 12.9. The summed E-state index contributed by atoms with van der Waals surface area (Å²) in [4.78, 5) is 11.0. The van der Waals surface area contributed by atoms with Crippen molar-refractivity contribution in [1.29, 1.82) is 0 Å². The normalized spacial score (nSPS) is 18.4. The monoisotopic (exact) mass is 876 g/mol. The Morgan fingerprint density at radius 1 is 0.441 bits per heavy atom. The Hall–Kier alpha value is -7.16. The van der Waals surface area contributed by atoms with Crippen LogP contribution in [0.25, 0.3) is 39.1 Å². The van der Waals surface area contributed by atoms with Gasteiger partial charge in [-0.1, -0.05) is 210 Å². The molecular formula is C66H56N2. The lowest BCUT2D eigenvalue weighted by atomic mass is 9.62. The molecule has 4 aliphatic carbocycles. The highest BCUT2D eigenvalue weighted by Gasteiger charge is 2.51. The van der Waals surface area contributed by atoms with Crippen molar-refractivity contribution in [2.45, 2.75) is 88.4 Å². The molecule has 5 aliphatic rings. The highest BCUT2D eigenvalue weighted by atomic mass is 14.9. The molecule has 0 fully saturated rings. The number of allylic oxidation sites excluding steroid dienone is 1. The quantitative estimate of drug-likeness (QED) is 0.159. The van der Waals surface area contributed by atoms with E-state index in [4.69, 9.17) is 9.98 Å². The van der Waals surface area contributed by atoms with E-state index >= 15 is 0 Å². The van der Waals surface area contributed by atoms with Crippen LogP contribution in [0.15, 0.2) is 198 Å². The van der Waals surface area contributed by atoms with E-state index in [2.05, 4.69) is 216 Å². The van der Waals surface area contributed by atoms with Crippen LogP contribution in [0.5, 0.6) is 0 Å². The molecule has 13 rings (SSSR count). The predicted octanol–water partition coefficient (Wildman–Crippen LogP) is 16.2. The molecule has 8 aromatic rings. The summed E-state index contributed by atoms with van der Waals surface area (Å²) in [6, 6.07) is 68.3. The second-order valence-corrected chi connectivity index (χ2v) is 21.3. The molecule has 0 saturated heterocycles. The Kier molecular flexibility index (Phi) is 9.32. The first-order valence-electron chi connectivity index (χ1n) is 24.9. The zero-order valence-corrected chi connectivity index (χ0v) is 39.6. The molecule has 0 N–H and O–H groups in total. The maximum atomic E-state index is 5.53. The summed E-state index contributed by atoms with van der Waals surface area (Å²) in [6.07, 6.45) is 8.53. The van der Waals surface area contributed by atoms with Gasteiger partial charge in [0.25, 0.3) is 0 Å². The second kappa shape index (κ2) is 15.4. The van der Waals surface area contributed by atoms with E-state index in [-0.39, 0.29) is 10.8 Å². The number of fused-ring (bicyclic) bond motifs is 14. The predicted molar refractivity (Wildman–Crippen MR) is 283 cm³/mol. The van der Waals surface area contributed by atoms with Crippen LogP contribution in [0.2, 0.25) is 0 Å². The zero-order valence-electron chi connectivity index (χ0n) is 39.6. The fraction of sp³-hybridized carbons (Fsp3) is 0.212. The van der Waals surface area contributed by atoms with Crippen molar-refractivity contribution in [1.82, 2.24) is 0 Å². The molecule has 2 heteroatoms. The van der Waals surface area contributed by atoms with E-state index in [1.807, 2.05) is 0 Å². The number of amidine groups is 1. The molecule has 1 unspecified atom stereocenters. The average molecular weight is 877 g/mol. The SMILES string of the molecule is CC1(C)CCC(C)(C)c2cc3c(cc21)-c1ccccc1C3CCc1ccc(C2=CCCC(c3ccc4c(c3)C3(c5ccccc5-c5ccccc53)c3ccccc3-4)=NC(c3ccccc3)=N2)cc1. The van der Waals surface area contributed by atoms with Gasteiger partial charge in [0, 0.05) is 11.5 Å². The van der Waals surface area contributed by atoms with Crippen LogP contribution in [0, 0.1) is 0 Å². The van der Waals surface area contributed by atoms with Gasteiger partial charge in [-0.2, -0.15) is 0 Å². The number of nitrogens with zero attached hydrogens (tertiary/aromatic N) is 2. The molecule has 330 valence electrons. The molecular weight excluding hydrogens is 821 g/mol. The van der Waals surface area contributed by atoms with Crippen LogP contribution in [-0.4, -0.2) is 11.5 Å². The summed E-state index contributed by atoms with van der Waals surface area (Å²) in [5, 5.41) is 0. The maximum absolute atomic E-state index is 5.53. The molecule has 1 heterocycles. The Balaban J connectivity index is 0.828. The van der Waals surface area contributed by atoms with Crippen LogP contribution in [0.1, 0.15) is 132 Å².